The Morgan fingerprint density at radius 3 is 2.80 bits per heavy atom. The van der Waals surface area contributed by atoms with Gasteiger partial charge in [0.05, 0.1) is 11.8 Å². The zero-order chi connectivity index (χ0) is 10.8. The van der Waals surface area contributed by atoms with Crippen molar-refractivity contribution in [2.75, 3.05) is 0 Å². The van der Waals surface area contributed by atoms with E-state index in [0.717, 1.165) is 22.0 Å². The van der Waals surface area contributed by atoms with Gasteiger partial charge in [-0.15, -0.1) is 0 Å². The third-order valence-electron chi connectivity index (χ3n) is 2.46. The monoisotopic (exact) mass is 199 g/mol. The third-order valence-corrected chi connectivity index (χ3v) is 2.46. The molecule has 1 atom stereocenters. The van der Waals surface area contributed by atoms with Crippen LogP contribution in [0.2, 0.25) is 0 Å². The minimum Gasteiger partial charge on any atom is -0.389 e. The van der Waals surface area contributed by atoms with Crippen molar-refractivity contribution in [3.05, 3.63) is 48.3 Å². The fourth-order valence-electron chi connectivity index (χ4n) is 1.55. The number of aromatic nitrogens is 1. The van der Waals surface area contributed by atoms with Gasteiger partial charge in [0.2, 0.25) is 0 Å². The summed E-state index contributed by atoms with van der Waals surface area (Å²) in [5.74, 6) is 0. The van der Waals surface area contributed by atoms with Crippen molar-refractivity contribution >= 4 is 16.8 Å². The van der Waals surface area contributed by atoms with Crippen LogP contribution in [0.25, 0.3) is 16.8 Å². The minimum atomic E-state index is -0.435. The Bertz CT molecular complexity index is 503. The molecule has 1 aromatic carbocycles. The van der Waals surface area contributed by atoms with E-state index in [0.29, 0.717) is 0 Å². The molecule has 0 saturated heterocycles. The molecule has 0 radical (unpaired) electrons. The summed E-state index contributed by atoms with van der Waals surface area (Å²) in [7, 11) is 0. The number of nitrogens with zero attached hydrogens (tertiary/aromatic N) is 1. The van der Waals surface area contributed by atoms with Crippen LogP contribution in [0.4, 0.5) is 0 Å². The van der Waals surface area contributed by atoms with Gasteiger partial charge in [-0.05, 0) is 36.1 Å². The predicted molar refractivity (Wildman–Crippen MR) is 62.5 cm³/mol. The molecule has 1 aromatic heterocycles. The maximum absolute atomic E-state index is 9.47. The van der Waals surface area contributed by atoms with Crippen LogP contribution < -0.4 is 0 Å². The Morgan fingerprint density at radius 2 is 2.13 bits per heavy atom. The first-order valence-corrected chi connectivity index (χ1v) is 4.91. The Labute approximate surface area is 88.9 Å². The maximum Gasteiger partial charge on any atom is 0.0762 e. The highest BCUT2D eigenvalue weighted by Crippen LogP contribution is 2.20. The molecule has 76 valence electrons. The fraction of sp³-hybridized carbons (Fsp3) is 0.154. The molecule has 0 aliphatic carbocycles. The summed E-state index contributed by atoms with van der Waals surface area (Å²) >= 11 is 0. The number of hydrogen-bond donors (Lipinski definition) is 1. The quantitative estimate of drug-likeness (QED) is 0.806. The topological polar surface area (TPSA) is 33.1 Å². The average Bonchev–Trinajstić information content (AvgIpc) is 2.27. The van der Waals surface area contributed by atoms with Gasteiger partial charge in [-0.1, -0.05) is 18.7 Å². The smallest absolute Gasteiger partial charge is 0.0762 e. The third kappa shape index (κ3) is 1.90. The van der Waals surface area contributed by atoms with Crippen LogP contribution in [0.1, 0.15) is 24.3 Å². The van der Waals surface area contributed by atoms with Crippen LogP contribution in [0.5, 0.6) is 0 Å². The van der Waals surface area contributed by atoms with Gasteiger partial charge in [0.15, 0.2) is 0 Å². The summed E-state index contributed by atoms with van der Waals surface area (Å²) in [5.41, 5.74) is 1.77. The van der Waals surface area contributed by atoms with Gasteiger partial charge >= 0.3 is 0 Å². The second-order valence-electron chi connectivity index (χ2n) is 3.60. The van der Waals surface area contributed by atoms with Crippen molar-refractivity contribution in [1.82, 2.24) is 4.98 Å². The zero-order valence-corrected chi connectivity index (χ0v) is 8.64. The summed E-state index contributed by atoms with van der Waals surface area (Å²) in [6, 6.07) is 7.84. The predicted octanol–water partition coefficient (Wildman–Crippen LogP) is 2.93. The van der Waals surface area contributed by atoms with E-state index in [-0.39, 0.29) is 0 Å². The largest absolute Gasteiger partial charge is 0.389 e. The lowest BCUT2D eigenvalue weighted by Gasteiger charge is -2.06. The fourth-order valence-corrected chi connectivity index (χ4v) is 1.55. The first-order chi connectivity index (χ1) is 7.20. The number of hydrogen-bond acceptors (Lipinski definition) is 2. The molecule has 0 spiro atoms. The molecule has 0 fully saturated rings. The molecule has 2 rings (SSSR count). The van der Waals surface area contributed by atoms with Crippen molar-refractivity contribution in [2.24, 2.45) is 0 Å². The number of fused-ring (bicyclic) bond motifs is 1. The molecule has 1 N–H and O–H groups in total. The van der Waals surface area contributed by atoms with Crippen LogP contribution in [0, 0.1) is 0 Å². The van der Waals surface area contributed by atoms with Gasteiger partial charge in [-0.3, -0.25) is 4.98 Å². The molecule has 2 aromatic rings. The number of benzene rings is 1. The van der Waals surface area contributed by atoms with E-state index in [1.54, 1.807) is 13.0 Å². The van der Waals surface area contributed by atoms with E-state index in [4.69, 9.17) is 0 Å². The Hall–Kier alpha value is -1.67. The second kappa shape index (κ2) is 3.83. The van der Waals surface area contributed by atoms with Gasteiger partial charge in [-0.2, -0.15) is 0 Å². The van der Waals surface area contributed by atoms with E-state index in [1.807, 2.05) is 30.5 Å². The summed E-state index contributed by atoms with van der Waals surface area (Å²) < 4.78 is 0. The second-order valence-corrected chi connectivity index (χ2v) is 3.60. The van der Waals surface area contributed by atoms with Crippen molar-refractivity contribution in [3.8, 4) is 0 Å². The van der Waals surface area contributed by atoms with Crippen LogP contribution in [0.15, 0.2) is 37.0 Å². The number of pyridine rings is 1. The highest BCUT2D eigenvalue weighted by molar-refractivity contribution is 5.83. The van der Waals surface area contributed by atoms with Crippen LogP contribution in [-0.4, -0.2) is 10.1 Å². The number of rotatable bonds is 2. The molecule has 0 unspecified atom stereocenters. The molecule has 2 heteroatoms. The molecule has 2 nitrogen and oxygen atoms in total. The van der Waals surface area contributed by atoms with Crippen LogP contribution in [-0.2, 0) is 0 Å². The van der Waals surface area contributed by atoms with Gasteiger partial charge in [-0.25, -0.2) is 0 Å². The lowest BCUT2D eigenvalue weighted by molar-refractivity contribution is 0.199. The van der Waals surface area contributed by atoms with E-state index < -0.39 is 6.10 Å². The minimum absolute atomic E-state index is 0.435. The number of aliphatic hydroxyl groups excluding tert-OH is 1. The average molecular weight is 199 g/mol. The van der Waals surface area contributed by atoms with E-state index in [1.165, 1.54) is 0 Å². The molecule has 1 heterocycles. The van der Waals surface area contributed by atoms with E-state index in [2.05, 4.69) is 11.6 Å². The molecule has 15 heavy (non-hydrogen) atoms. The summed E-state index contributed by atoms with van der Waals surface area (Å²) in [5, 5.41) is 11.6. The lowest BCUT2D eigenvalue weighted by Crippen LogP contribution is -1.91. The first kappa shape index (κ1) is 9.87. The van der Waals surface area contributed by atoms with Crippen molar-refractivity contribution in [3.63, 3.8) is 0 Å². The normalized spacial score (nSPS) is 12.7. The molecule has 0 aliphatic rings. The van der Waals surface area contributed by atoms with E-state index >= 15 is 0 Å². The molecule has 0 saturated carbocycles. The SMILES string of the molecule is C=Cc1cc2cc([C@@H](C)O)ccc2cn1. The van der Waals surface area contributed by atoms with Crippen LogP contribution in [0.3, 0.4) is 0 Å². The van der Waals surface area contributed by atoms with Gasteiger partial charge in [0.1, 0.15) is 0 Å². The zero-order valence-electron chi connectivity index (χ0n) is 8.64. The van der Waals surface area contributed by atoms with Crippen LogP contribution >= 0.6 is 0 Å². The summed E-state index contributed by atoms with van der Waals surface area (Å²) in [6.07, 6.45) is 3.10. The highest BCUT2D eigenvalue weighted by Gasteiger charge is 2.02. The Kier molecular flexibility index (Phi) is 2.52. The first-order valence-electron chi connectivity index (χ1n) is 4.91. The summed E-state index contributed by atoms with van der Waals surface area (Å²) in [4.78, 5) is 4.22. The van der Waals surface area contributed by atoms with Crippen molar-refractivity contribution in [2.45, 2.75) is 13.0 Å². The molecule has 0 amide bonds. The summed E-state index contributed by atoms with van der Waals surface area (Å²) in [6.45, 7) is 5.44. The van der Waals surface area contributed by atoms with Gasteiger partial charge in [0.25, 0.3) is 0 Å². The van der Waals surface area contributed by atoms with Gasteiger partial charge in [0, 0.05) is 11.6 Å². The highest BCUT2D eigenvalue weighted by atomic mass is 16.3. The van der Waals surface area contributed by atoms with E-state index in [9.17, 15) is 5.11 Å². The number of aliphatic hydroxyl groups is 1. The standard InChI is InChI=1S/C13H13NO/c1-3-13-7-12-6-10(9(2)15)4-5-11(12)8-14-13/h3-9,15H,1H2,2H3/t9-/m1/s1. The maximum atomic E-state index is 9.47. The molecular formula is C13H13NO. The Morgan fingerprint density at radius 1 is 1.33 bits per heavy atom. The van der Waals surface area contributed by atoms with Crippen molar-refractivity contribution < 1.29 is 5.11 Å². The molecule has 0 aliphatic heterocycles. The van der Waals surface area contributed by atoms with Gasteiger partial charge < -0.3 is 5.11 Å². The molecule has 0 bridgehead atoms. The van der Waals surface area contributed by atoms with Crippen molar-refractivity contribution in [1.29, 1.82) is 0 Å². The lowest BCUT2D eigenvalue weighted by atomic mass is 10.1. The Balaban J connectivity index is 2.62. The molecular weight excluding hydrogens is 186 g/mol.